The van der Waals surface area contributed by atoms with Crippen LogP contribution in [0.25, 0.3) is 43.8 Å². The van der Waals surface area contributed by atoms with Crippen LogP contribution in [0.2, 0.25) is 0 Å². The van der Waals surface area contributed by atoms with Crippen LogP contribution >= 0.6 is 7.14 Å². The van der Waals surface area contributed by atoms with Crippen LogP contribution in [0.15, 0.2) is 158 Å². The average molecular weight is 777 g/mol. The minimum atomic E-state index is -2.94. The number of para-hydroxylation sites is 1. The van der Waals surface area contributed by atoms with Crippen molar-refractivity contribution in [1.29, 1.82) is 0 Å². The molecule has 0 bridgehead atoms. The van der Waals surface area contributed by atoms with Crippen molar-refractivity contribution in [2.24, 2.45) is 7.05 Å². The molecule has 0 saturated carbocycles. The molecule has 5 heteroatoms. The molecule has 6 aromatic carbocycles. The minimum Gasteiger partial charge on any atom is -0.383 e. The molecular formula is C40H29IrN2OP-2. The van der Waals surface area contributed by atoms with Crippen molar-refractivity contribution in [3.8, 4) is 11.3 Å². The number of hydrogen-bond acceptors (Lipinski definition) is 2. The van der Waals surface area contributed by atoms with Crippen molar-refractivity contribution in [2.75, 3.05) is 0 Å². The molecule has 45 heavy (non-hydrogen) atoms. The summed E-state index contributed by atoms with van der Waals surface area (Å²) < 4.78 is 16.5. The molecule has 0 fully saturated rings. The van der Waals surface area contributed by atoms with E-state index in [0.717, 1.165) is 37.9 Å². The maximum atomic E-state index is 14.2. The first-order chi connectivity index (χ1) is 21.6. The Morgan fingerprint density at radius 1 is 0.644 bits per heavy atom. The molecule has 0 aliphatic heterocycles. The molecule has 221 valence electrons. The minimum absolute atomic E-state index is 0. The predicted molar refractivity (Wildman–Crippen MR) is 185 cm³/mol. The molecule has 2 aromatic heterocycles. The van der Waals surface area contributed by atoms with Gasteiger partial charge in [-0.05, 0) is 28.7 Å². The van der Waals surface area contributed by atoms with E-state index in [9.17, 15) is 4.57 Å². The van der Waals surface area contributed by atoms with E-state index in [1.165, 1.54) is 21.8 Å². The topological polar surface area (TPSA) is 34.9 Å². The molecule has 0 aliphatic rings. The Morgan fingerprint density at radius 2 is 1.27 bits per heavy atom. The third-order valence-electron chi connectivity index (χ3n) is 8.02. The van der Waals surface area contributed by atoms with Gasteiger partial charge in [0.05, 0.1) is 0 Å². The first-order valence-electron chi connectivity index (χ1n) is 14.6. The average Bonchev–Trinajstić information content (AvgIpc) is 3.41. The second-order valence-electron chi connectivity index (χ2n) is 10.6. The van der Waals surface area contributed by atoms with E-state index in [4.69, 9.17) is 0 Å². The number of hydrogen-bond donors (Lipinski definition) is 0. The van der Waals surface area contributed by atoms with Gasteiger partial charge in [-0.3, -0.25) is 0 Å². The van der Waals surface area contributed by atoms with Gasteiger partial charge in [-0.15, -0.1) is 40.6 Å². The van der Waals surface area contributed by atoms with Crippen molar-refractivity contribution in [3.63, 3.8) is 0 Å². The van der Waals surface area contributed by atoms with E-state index in [1.54, 1.807) is 0 Å². The summed E-state index contributed by atoms with van der Waals surface area (Å²) >= 11 is 0. The molecule has 3 nitrogen and oxygen atoms in total. The molecule has 1 radical (unpaired) electrons. The standard InChI is InChI=1S/C22H16OP.C18H13N2.Ir/c23-24(20-11-3-1-4-12-20,21-13-5-2-6-14-21)22-16-15-18-9-7-8-10-19(18)17-22;1-20-17-11-3-2-7-13(17)14-8-6-9-15(18(14)20)16-10-4-5-12-19-16;/h1-15,17H;2-8,10-12H,1H3;/q2*-1;. The van der Waals surface area contributed by atoms with Gasteiger partial charge in [0.1, 0.15) is 7.14 Å². The molecule has 8 rings (SSSR count). The first kappa shape index (κ1) is 30.4. The molecule has 0 N–H and O–H groups in total. The smallest absolute Gasteiger partial charge is 0.147 e. The van der Waals surface area contributed by atoms with Gasteiger partial charge in [0.15, 0.2) is 0 Å². The summed E-state index contributed by atoms with van der Waals surface area (Å²) in [5.41, 5.74) is 4.44. The van der Waals surface area contributed by atoms with Crippen LogP contribution in [0.1, 0.15) is 0 Å². The molecule has 8 aromatic rings. The van der Waals surface area contributed by atoms with Crippen LogP contribution in [-0.4, -0.2) is 9.55 Å². The predicted octanol–water partition coefficient (Wildman–Crippen LogP) is 8.47. The number of benzene rings is 6. The van der Waals surface area contributed by atoms with Gasteiger partial charge in [0.2, 0.25) is 0 Å². The Bertz CT molecular complexity index is 2220. The van der Waals surface area contributed by atoms with Crippen molar-refractivity contribution in [2.45, 2.75) is 0 Å². The van der Waals surface area contributed by atoms with E-state index < -0.39 is 7.14 Å². The Morgan fingerprint density at radius 3 is 1.96 bits per heavy atom. The molecule has 2 heterocycles. The van der Waals surface area contributed by atoms with Crippen LogP contribution in [0, 0.1) is 12.1 Å². The van der Waals surface area contributed by atoms with Gasteiger partial charge < -0.3 is 14.1 Å². The number of rotatable bonds is 4. The molecule has 0 unspecified atom stereocenters. The fourth-order valence-electron chi connectivity index (χ4n) is 5.88. The number of aryl methyl sites for hydroxylation is 1. The first-order valence-corrected chi connectivity index (χ1v) is 16.3. The second-order valence-corrected chi connectivity index (χ2v) is 13.4. The largest absolute Gasteiger partial charge is 0.383 e. The number of nitrogens with zero attached hydrogens (tertiary/aromatic N) is 2. The monoisotopic (exact) mass is 777 g/mol. The van der Waals surface area contributed by atoms with Gasteiger partial charge in [-0.1, -0.05) is 120 Å². The van der Waals surface area contributed by atoms with E-state index in [2.05, 4.69) is 59.1 Å². The Balaban J connectivity index is 0.000000158. The summed E-state index contributed by atoms with van der Waals surface area (Å²) in [7, 11) is -0.834. The van der Waals surface area contributed by atoms with Gasteiger partial charge in [0.25, 0.3) is 0 Å². The zero-order chi connectivity index (χ0) is 29.9. The molecule has 0 aliphatic carbocycles. The number of pyridine rings is 1. The van der Waals surface area contributed by atoms with Crippen LogP contribution in [0.4, 0.5) is 0 Å². The van der Waals surface area contributed by atoms with Crippen LogP contribution in [-0.2, 0) is 31.7 Å². The maximum Gasteiger partial charge on any atom is 0.147 e. The van der Waals surface area contributed by atoms with E-state index >= 15 is 0 Å². The normalized spacial score (nSPS) is 11.1. The summed E-state index contributed by atoms with van der Waals surface area (Å²) in [5.74, 6) is 0. The van der Waals surface area contributed by atoms with Crippen molar-refractivity contribution >= 4 is 55.6 Å². The SMILES string of the molecule is Cn1c2ccccc2c2cc[c-]c(-c3ccccn3)c21.O=P(c1[c-]cc2ccccc2c1)(c1ccccc1)c1ccccc1.[Ir]. The summed E-state index contributed by atoms with van der Waals surface area (Å²) in [4.78, 5) is 4.47. The van der Waals surface area contributed by atoms with Gasteiger partial charge >= 0.3 is 0 Å². The van der Waals surface area contributed by atoms with Crippen LogP contribution in [0.3, 0.4) is 0 Å². The molecule has 0 saturated heterocycles. The summed E-state index contributed by atoms with van der Waals surface area (Å²) in [6, 6.07) is 56.6. The quantitative estimate of drug-likeness (QED) is 0.133. The van der Waals surface area contributed by atoms with E-state index in [-0.39, 0.29) is 20.1 Å². The second kappa shape index (κ2) is 13.2. The van der Waals surface area contributed by atoms with E-state index in [1.807, 2.05) is 128 Å². The molecule has 0 atom stereocenters. The fourth-order valence-corrected chi connectivity index (χ4v) is 8.48. The zero-order valence-electron chi connectivity index (χ0n) is 24.6. The Kier molecular flexibility index (Phi) is 8.92. The van der Waals surface area contributed by atoms with Crippen molar-refractivity contribution in [1.82, 2.24) is 9.55 Å². The van der Waals surface area contributed by atoms with Gasteiger partial charge in [-0.25, -0.2) is 0 Å². The Hall–Kier alpha value is -4.59. The summed E-state index contributed by atoms with van der Waals surface area (Å²) in [5, 5.41) is 7.13. The number of fused-ring (bicyclic) bond motifs is 4. The number of aromatic nitrogens is 2. The Labute approximate surface area is 276 Å². The molecule has 0 amide bonds. The van der Waals surface area contributed by atoms with Crippen molar-refractivity contribution in [3.05, 3.63) is 170 Å². The summed E-state index contributed by atoms with van der Waals surface area (Å²) in [6.07, 6.45) is 1.82. The summed E-state index contributed by atoms with van der Waals surface area (Å²) in [6.45, 7) is 0. The third kappa shape index (κ3) is 5.69. The maximum absolute atomic E-state index is 14.2. The van der Waals surface area contributed by atoms with Crippen LogP contribution < -0.4 is 15.9 Å². The fraction of sp³-hybridized carbons (Fsp3) is 0.0250. The molecular weight excluding hydrogens is 748 g/mol. The third-order valence-corrected chi connectivity index (χ3v) is 11.0. The van der Waals surface area contributed by atoms with Gasteiger partial charge in [0, 0.05) is 49.5 Å². The van der Waals surface area contributed by atoms with Crippen LogP contribution in [0.5, 0.6) is 0 Å². The van der Waals surface area contributed by atoms with Crippen molar-refractivity contribution < 1.29 is 24.7 Å². The zero-order valence-corrected chi connectivity index (χ0v) is 27.9. The van der Waals surface area contributed by atoms with Gasteiger partial charge in [-0.2, -0.15) is 18.2 Å². The molecule has 0 spiro atoms. The van der Waals surface area contributed by atoms with E-state index in [0.29, 0.717) is 0 Å².